The van der Waals surface area contributed by atoms with E-state index in [9.17, 15) is 18.0 Å². The Bertz CT molecular complexity index is 578. The molecule has 0 atom stereocenters. The van der Waals surface area contributed by atoms with Gasteiger partial charge in [-0.3, -0.25) is 9.48 Å². The molecule has 90 valence electrons. The van der Waals surface area contributed by atoms with Crippen LogP contribution in [0.1, 0.15) is 5.56 Å². The molecular weight excluding hydrogens is 233 g/mol. The summed E-state index contributed by atoms with van der Waals surface area (Å²) in [6.45, 7) is 1.83. The highest BCUT2D eigenvalue weighted by Gasteiger charge is 2.35. The van der Waals surface area contributed by atoms with Crippen molar-refractivity contribution >= 4 is 0 Å². The van der Waals surface area contributed by atoms with Crippen molar-refractivity contribution in [3.63, 3.8) is 0 Å². The molecule has 0 amide bonds. The minimum atomic E-state index is -4.73. The van der Waals surface area contributed by atoms with Crippen LogP contribution in [-0.2, 0) is 6.30 Å². The lowest BCUT2D eigenvalue weighted by atomic mass is 10.2. The van der Waals surface area contributed by atoms with Crippen LogP contribution >= 0.6 is 0 Å². The Morgan fingerprint density at radius 3 is 2.18 bits per heavy atom. The zero-order valence-electron chi connectivity index (χ0n) is 8.90. The summed E-state index contributed by atoms with van der Waals surface area (Å²) in [4.78, 5) is 11.1. The first-order valence-electron chi connectivity index (χ1n) is 4.84. The number of hydrogen-bond donors (Lipinski definition) is 0. The Hall–Kier alpha value is -1.98. The molecule has 2 rings (SSSR count). The van der Waals surface area contributed by atoms with Gasteiger partial charge in [0.15, 0.2) is 0 Å². The van der Waals surface area contributed by atoms with E-state index in [1.54, 1.807) is 12.1 Å². The first kappa shape index (κ1) is 11.5. The molecule has 17 heavy (non-hydrogen) atoms. The van der Waals surface area contributed by atoms with Gasteiger partial charge in [0.2, 0.25) is 0 Å². The number of nitrogens with zero attached hydrogens (tertiary/aromatic N) is 2. The lowest BCUT2D eigenvalue weighted by Gasteiger charge is -2.14. The first-order valence-corrected chi connectivity index (χ1v) is 4.84. The molecule has 0 aliphatic carbocycles. The second kappa shape index (κ2) is 3.80. The Balaban J connectivity index is 2.61. The van der Waals surface area contributed by atoms with Crippen LogP contribution in [0.5, 0.6) is 0 Å². The van der Waals surface area contributed by atoms with Crippen LogP contribution in [-0.4, -0.2) is 9.36 Å². The minimum Gasteiger partial charge on any atom is -0.268 e. The topological polar surface area (TPSA) is 26.9 Å². The zero-order chi connectivity index (χ0) is 12.6. The van der Waals surface area contributed by atoms with Gasteiger partial charge in [0.25, 0.3) is 5.56 Å². The summed E-state index contributed by atoms with van der Waals surface area (Å²) >= 11 is 0. The highest BCUT2D eigenvalue weighted by molar-refractivity contribution is 5.33. The molecule has 3 nitrogen and oxygen atoms in total. The Morgan fingerprint density at radius 2 is 1.65 bits per heavy atom. The van der Waals surface area contributed by atoms with Crippen LogP contribution < -0.4 is 5.56 Å². The number of aryl methyl sites for hydroxylation is 1. The van der Waals surface area contributed by atoms with Crippen molar-refractivity contribution in [2.75, 3.05) is 0 Å². The average molecular weight is 242 g/mol. The second-order valence-electron chi connectivity index (χ2n) is 3.61. The van der Waals surface area contributed by atoms with E-state index < -0.39 is 11.9 Å². The molecular formula is C11H9F3N2O. The van der Waals surface area contributed by atoms with E-state index in [1.165, 1.54) is 12.1 Å². The molecule has 0 aliphatic rings. The lowest BCUT2D eigenvalue weighted by Crippen LogP contribution is -2.32. The predicted molar refractivity (Wildman–Crippen MR) is 56.1 cm³/mol. The van der Waals surface area contributed by atoms with Gasteiger partial charge in [-0.25, -0.2) is 0 Å². The van der Waals surface area contributed by atoms with Crippen molar-refractivity contribution in [3.8, 4) is 5.69 Å². The summed E-state index contributed by atoms with van der Waals surface area (Å²) in [6, 6.07) is 7.29. The number of benzene rings is 1. The quantitative estimate of drug-likeness (QED) is 0.754. The third-order valence-electron chi connectivity index (χ3n) is 2.32. The van der Waals surface area contributed by atoms with Crippen LogP contribution in [0.2, 0.25) is 0 Å². The highest BCUT2D eigenvalue weighted by Crippen LogP contribution is 2.21. The van der Waals surface area contributed by atoms with Crippen molar-refractivity contribution in [2.24, 2.45) is 0 Å². The molecule has 0 spiro atoms. The van der Waals surface area contributed by atoms with Gasteiger partial charge in [-0.05, 0) is 19.1 Å². The summed E-state index contributed by atoms with van der Waals surface area (Å²) < 4.78 is 38.5. The van der Waals surface area contributed by atoms with Crippen LogP contribution in [0.3, 0.4) is 0 Å². The lowest BCUT2D eigenvalue weighted by molar-refractivity contribution is -0.218. The fourth-order valence-electron chi connectivity index (χ4n) is 1.52. The summed E-state index contributed by atoms with van der Waals surface area (Å²) in [6.07, 6.45) is -3.63. The van der Waals surface area contributed by atoms with Gasteiger partial charge in [0.1, 0.15) is 0 Å². The molecule has 0 saturated heterocycles. The van der Waals surface area contributed by atoms with E-state index in [2.05, 4.69) is 0 Å². The molecule has 0 aliphatic heterocycles. The first-order chi connectivity index (χ1) is 7.89. The van der Waals surface area contributed by atoms with Crippen molar-refractivity contribution < 1.29 is 13.2 Å². The van der Waals surface area contributed by atoms with Gasteiger partial charge in [0.05, 0.1) is 5.69 Å². The van der Waals surface area contributed by atoms with Crippen LogP contribution in [0.15, 0.2) is 41.3 Å². The molecule has 0 bridgehead atoms. The third kappa shape index (κ3) is 2.11. The summed E-state index contributed by atoms with van der Waals surface area (Å²) in [5.41, 5.74) is 0.120. The van der Waals surface area contributed by atoms with E-state index >= 15 is 0 Å². The van der Waals surface area contributed by atoms with Crippen LogP contribution in [0.25, 0.3) is 5.69 Å². The van der Waals surface area contributed by atoms with E-state index in [1.807, 2.05) is 6.92 Å². The Morgan fingerprint density at radius 1 is 1.06 bits per heavy atom. The molecule has 0 fully saturated rings. The van der Waals surface area contributed by atoms with Crippen molar-refractivity contribution in [3.05, 3.63) is 52.4 Å². The maximum absolute atomic E-state index is 12.6. The van der Waals surface area contributed by atoms with Crippen molar-refractivity contribution in [2.45, 2.75) is 13.2 Å². The minimum absolute atomic E-state index is 0.238. The summed E-state index contributed by atoms with van der Waals surface area (Å²) in [7, 11) is 0. The molecule has 1 aromatic heterocycles. The molecule has 0 saturated carbocycles. The second-order valence-corrected chi connectivity index (χ2v) is 3.61. The SMILES string of the molecule is Cc1ccc(-n2ccc(=O)n2C(F)(F)F)cc1. The standard InChI is InChI=1S/C11H9F3N2O/c1-8-2-4-9(5-3-8)15-7-6-10(17)16(15)11(12,13)14/h2-7H,1H3. The summed E-state index contributed by atoms with van der Waals surface area (Å²) in [5, 5.41) is 0. The van der Waals surface area contributed by atoms with Gasteiger partial charge in [-0.2, -0.15) is 4.68 Å². The largest absolute Gasteiger partial charge is 0.506 e. The molecule has 0 N–H and O–H groups in total. The molecule has 2 aromatic rings. The molecule has 6 heteroatoms. The van der Waals surface area contributed by atoms with Gasteiger partial charge < -0.3 is 0 Å². The van der Waals surface area contributed by atoms with E-state index in [-0.39, 0.29) is 10.4 Å². The number of hydrogen-bond acceptors (Lipinski definition) is 1. The predicted octanol–water partition coefficient (Wildman–Crippen LogP) is 2.42. The Kier molecular flexibility index (Phi) is 2.57. The normalized spacial score (nSPS) is 11.8. The fourth-order valence-corrected chi connectivity index (χ4v) is 1.52. The van der Waals surface area contributed by atoms with E-state index in [4.69, 9.17) is 0 Å². The number of alkyl halides is 3. The van der Waals surface area contributed by atoms with Crippen molar-refractivity contribution in [1.82, 2.24) is 9.36 Å². The van der Waals surface area contributed by atoms with E-state index in [0.717, 1.165) is 22.5 Å². The summed E-state index contributed by atoms with van der Waals surface area (Å²) in [5.74, 6) is 0. The number of aromatic nitrogens is 2. The van der Waals surface area contributed by atoms with Crippen molar-refractivity contribution in [1.29, 1.82) is 0 Å². The van der Waals surface area contributed by atoms with E-state index in [0.29, 0.717) is 0 Å². The Labute approximate surface area is 94.7 Å². The van der Waals surface area contributed by atoms with Crippen LogP contribution in [0.4, 0.5) is 13.2 Å². The van der Waals surface area contributed by atoms with Crippen LogP contribution in [0, 0.1) is 6.92 Å². The van der Waals surface area contributed by atoms with Gasteiger partial charge >= 0.3 is 6.30 Å². The van der Waals surface area contributed by atoms with Gasteiger partial charge in [-0.15, -0.1) is 13.2 Å². The maximum atomic E-state index is 12.6. The fraction of sp³-hybridized carbons (Fsp3) is 0.182. The van der Waals surface area contributed by atoms with Gasteiger partial charge in [0, 0.05) is 12.3 Å². The molecule has 0 unspecified atom stereocenters. The smallest absolute Gasteiger partial charge is 0.268 e. The zero-order valence-corrected chi connectivity index (χ0v) is 8.90. The molecule has 1 aromatic carbocycles. The third-order valence-corrected chi connectivity index (χ3v) is 2.32. The molecule has 0 radical (unpaired) electrons. The maximum Gasteiger partial charge on any atom is 0.506 e. The highest BCUT2D eigenvalue weighted by atomic mass is 19.4. The van der Waals surface area contributed by atoms with Gasteiger partial charge in [-0.1, -0.05) is 17.7 Å². The number of halogens is 3. The number of rotatable bonds is 1. The average Bonchev–Trinajstić information content (AvgIpc) is 2.61. The molecule has 1 heterocycles. The monoisotopic (exact) mass is 242 g/mol.